The maximum Gasteiger partial charge on any atom is 0.316 e. The number of hydrogen-bond donors (Lipinski definition) is 1. The van der Waals surface area contributed by atoms with Gasteiger partial charge in [-0.1, -0.05) is 23.4 Å². The molecule has 6 heteroatoms. The van der Waals surface area contributed by atoms with Crippen molar-refractivity contribution in [3.8, 4) is 0 Å². The summed E-state index contributed by atoms with van der Waals surface area (Å²) in [7, 11) is 0. The molecule has 0 amide bonds. The highest BCUT2D eigenvalue weighted by molar-refractivity contribution is 8.00. The van der Waals surface area contributed by atoms with Gasteiger partial charge in [-0.3, -0.25) is 4.79 Å². The number of ether oxygens (including phenoxy) is 1. The van der Waals surface area contributed by atoms with Crippen LogP contribution in [0.2, 0.25) is 5.15 Å². The largest absolute Gasteiger partial charge is 0.465 e. The Kier molecular flexibility index (Phi) is 4.71. The smallest absolute Gasteiger partial charge is 0.316 e. The van der Waals surface area contributed by atoms with Crippen molar-refractivity contribution < 1.29 is 9.53 Å². The molecule has 1 rings (SSSR count). The van der Waals surface area contributed by atoms with Crippen LogP contribution in [0, 0.1) is 0 Å². The summed E-state index contributed by atoms with van der Waals surface area (Å²) in [6, 6.07) is 3.26. The van der Waals surface area contributed by atoms with Gasteiger partial charge in [0.05, 0.1) is 18.0 Å². The van der Waals surface area contributed by atoms with Gasteiger partial charge in [0.2, 0.25) is 0 Å². The Morgan fingerprint density at radius 3 is 3.07 bits per heavy atom. The normalized spacial score (nSPS) is 10.0. The molecule has 0 unspecified atom stereocenters. The van der Waals surface area contributed by atoms with Gasteiger partial charge in [-0.25, -0.2) is 4.98 Å². The van der Waals surface area contributed by atoms with Gasteiger partial charge >= 0.3 is 5.97 Å². The molecule has 2 N–H and O–H groups in total. The van der Waals surface area contributed by atoms with Crippen LogP contribution in [0.3, 0.4) is 0 Å². The first-order valence-corrected chi connectivity index (χ1v) is 5.70. The van der Waals surface area contributed by atoms with E-state index < -0.39 is 0 Å². The number of rotatable bonds is 4. The molecule has 0 fully saturated rings. The highest BCUT2D eigenvalue weighted by Crippen LogP contribution is 2.24. The minimum Gasteiger partial charge on any atom is -0.465 e. The third kappa shape index (κ3) is 3.97. The van der Waals surface area contributed by atoms with Crippen LogP contribution in [-0.4, -0.2) is 23.3 Å². The van der Waals surface area contributed by atoms with Crippen LogP contribution >= 0.6 is 23.4 Å². The summed E-state index contributed by atoms with van der Waals surface area (Å²) in [5.41, 5.74) is 6.16. The van der Waals surface area contributed by atoms with Crippen LogP contribution in [0.15, 0.2) is 17.2 Å². The zero-order valence-corrected chi connectivity index (χ0v) is 9.77. The summed E-state index contributed by atoms with van der Waals surface area (Å²) in [4.78, 5) is 15.1. The van der Waals surface area contributed by atoms with Crippen molar-refractivity contribution in [1.29, 1.82) is 0 Å². The molecule has 0 aliphatic rings. The van der Waals surface area contributed by atoms with E-state index in [1.807, 2.05) is 0 Å². The molecular formula is C9H11ClN2O2S. The number of pyridine rings is 1. The summed E-state index contributed by atoms with van der Waals surface area (Å²) in [5.74, 6) is -0.102. The van der Waals surface area contributed by atoms with E-state index in [1.54, 1.807) is 19.1 Å². The second-order valence-electron chi connectivity index (χ2n) is 2.62. The lowest BCUT2D eigenvalue weighted by atomic mass is 10.4. The molecule has 0 atom stereocenters. The number of nitrogens with zero attached hydrogens (tertiary/aromatic N) is 1. The van der Waals surface area contributed by atoms with Gasteiger partial charge < -0.3 is 10.5 Å². The monoisotopic (exact) mass is 246 g/mol. The van der Waals surface area contributed by atoms with Crippen LogP contribution in [0.25, 0.3) is 0 Å². The lowest BCUT2D eigenvalue weighted by Crippen LogP contribution is -2.07. The Balaban J connectivity index is 2.57. The van der Waals surface area contributed by atoms with Crippen LogP contribution in [0.4, 0.5) is 5.69 Å². The second-order valence-corrected chi connectivity index (χ2v) is 3.97. The zero-order valence-electron chi connectivity index (χ0n) is 8.20. The van der Waals surface area contributed by atoms with Crippen molar-refractivity contribution in [2.45, 2.75) is 11.9 Å². The average Bonchev–Trinajstić information content (AvgIpc) is 2.20. The fourth-order valence-corrected chi connectivity index (χ4v) is 1.81. The summed E-state index contributed by atoms with van der Waals surface area (Å²) >= 11 is 6.91. The number of esters is 1. The van der Waals surface area contributed by atoms with Crippen LogP contribution in [-0.2, 0) is 9.53 Å². The van der Waals surface area contributed by atoms with Crippen LogP contribution in [0.5, 0.6) is 0 Å². The highest BCUT2D eigenvalue weighted by atomic mass is 35.5. The SMILES string of the molecule is CCOC(=O)CSc1nc(Cl)ccc1N. The number of anilines is 1. The summed E-state index contributed by atoms with van der Waals surface area (Å²) in [6.07, 6.45) is 0. The molecule has 82 valence electrons. The summed E-state index contributed by atoms with van der Waals surface area (Å²) in [6.45, 7) is 2.13. The van der Waals surface area contributed by atoms with E-state index in [2.05, 4.69) is 4.98 Å². The van der Waals surface area contributed by atoms with Gasteiger partial charge in [-0.15, -0.1) is 0 Å². The Hall–Kier alpha value is -0.940. The fourth-order valence-electron chi connectivity index (χ4n) is 0.874. The van der Waals surface area contributed by atoms with Crippen molar-refractivity contribution in [3.63, 3.8) is 0 Å². The third-order valence-corrected chi connectivity index (χ3v) is 2.68. The number of halogens is 1. The van der Waals surface area contributed by atoms with Crippen LogP contribution < -0.4 is 5.73 Å². The van der Waals surface area contributed by atoms with E-state index in [4.69, 9.17) is 22.1 Å². The minimum absolute atomic E-state index is 0.186. The molecule has 0 aromatic carbocycles. The first-order chi connectivity index (χ1) is 7.13. The van der Waals surface area contributed by atoms with E-state index in [0.717, 1.165) is 0 Å². The summed E-state index contributed by atoms with van der Waals surface area (Å²) < 4.78 is 4.77. The van der Waals surface area contributed by atoms with Crippen molar-refractivity contribution in [2.24, 2.45) is 0 Å². The molecular weight excluding hydrogens is 236 g/mol. The Bertz CT molecular complexity index is 360. The first-order valence-electron chi connectivity index (χ1n) is 4.34. The predicted octanol–water partition coefficient (Wildman–Crippen LogP) is 1.97. The fraction of sp³-hybridized carbons (Fsp3) is 0.333. The molecule has 0 saturated carbocycles. The number of hydrogen-bond acceptors (Lipinski definition) is 5. The lowest BCUT2D eigenvalue weighted by molar-refractivity contribution is -0.139. The highest BCUT2D eigenvalue weighted by Gasteiger charge is 2.07. The van der Waals surface area contributed by atoms with E-state index in [1.165, 1.54) is 11.8 Å². The van der Waals surface area contributed by atoms with Gasteiger partial charge in [0.15, 0.2) is 0 Å². The van der Waals surface area contributed by atoms with Crippen molar-refractivity contribution in [1.82, 2.24) is 4.98 Å². The van der Waals surface area contributed by atoms with E-state index >= 15 is 0 Å². The third-order valence-electron chi connectivity index (χ3n) is 1.49. The molecule has 0 bridgehead atoms. The lowest BCUT2D eigenvalue weighted by Gasteiger charge is -2.04. The van der Waals surface area contributed by atoms with Gasteiger partial charge in [0.25, 0.3) is 0 Å². The molecule has 0 aliphatic heterocycles. The maximum atomic E-state index is 11.1. The second kappa shape index (κ2) is 5.82. The average molecular weight is 247 g/mol. The molecule has 0 aliphatic carbocycles. The van der Waals surface area contributed by atoms with Crippen molar-refractivity contribution in [3.05, 3.63) is 17.3 Å². The topological polar surface area (TPSA) is 65.2 Å². The van der Waals surface area contributed by atoms with Gasteiger partial charge in [-0.05, 0) is 19.1 Å². The number of nitrogen functional groups attached to an aromatic ring is 1. The summed E-state index contributed by atoms with van der Waals surface area (Å²) in [5, 5.41) is 0.908. The molecule has 1 heterocycles. The minimum atomic E-state index is -0.288. The molecule has 1 aromatic rings. The first kappa shape index (κ1) is 12.1. The Morgan fingerprint density at radius 1 is 1.67 bits per heavy atom. The maximum absolute atomic E-state index is 11.1. The number of carbonyl (C=O) groups excluding carboxylic acids is 1. The van der Waals surface area contributed by atoms with Crippen molar-refractivity contribution in [2.75, 3.05) is 18.1 Å². The molecule has 4 nitrogen and oxygen atoms in total. The van der Waals surface area contributed by atoms with Gasteiger partial charge in [-0.2, -0.15) is 0 Å². The van der Waals surface area contributed by atoms with E-state index in [0.29, 0.717) is 22.5 Å². The van der Waals surface area contributed by atoms with Gasteiger partial charge in [0.1, 0.15) is 10.2 Å². The Labute approximate surface area is 97.2 Å². The number of nitrogens with two attached hydrogens (primary N) is 1. The Morgan fingerprint density at radius 2 is 2.40 bits per heavy atom. The number of aromatic nitrogens is 1. The number of thioether (sulfide) groups is 1. The van der Waals surface area contributed by atoms with E-state index in [9.17, 15) is 4.79 Å². The quantitative estimate of drug-likeness (QED) is 0.500. The molecule has 0 spiro atoms. The number of carbonyl (C=O) groups is 1. The standard InChI is InChI=1S/C9H11ClN2O2S/c1-2-14-8(13)5-15-9-6(11)3-4-7(10)12-9/h3-4H,2,5,11H2,1H3. The molecule has 0 radical (unpaired) electrons. The molecule has 15 heavy (non-hydrogen) atoms. The van der Waals surface area contributed by atoms with Crippen LogP contribution in [0.1, 0.15) is 6.92 Å². The van der Waals surface area contributed by atoms with E-state index in [-0.39, 0.29) is 11.7 Å². The predicted molar refractivity (Wildman–Crippen MR) is 61.0 cm³/mol. The zero-order chi connectivity index (χ0) is 11.3. The van der Waals surface area contributed by atoms with Gasteiger partial charge in [0, 0.05) is 0 Å². The molecule has 1 aromatic heterocycles. The van der Waals surface area contributed by atoms with Crippen molar-refractivity contribution >= 4 is 35.0 Å². The molecule has 0 saturated heterocycles.